The maximum atomic E-state index is 12.2. The molecule has 122 valence electrons. The smallest absolute Gasteiger partial charge is 0.232 e. The molecule has 1 aromatic carbocycles. The predicted molar refractivity (Wildman–Crippen MR) is 84.0 cm³/mol. The van der Waals surface area contributed by atoms with Gasteiger partial charge in [-0.25, -0.2) is 0 Å². The first kappa shape index (κ1) is 15.5. The summed E-state index contributed by atoms with van der Waals surface area (Å²) in [5.74, 6) is 2.14. The quantitative estimate of drug-likeness (QED) is 0.820. The van der Waals surface area contributed by atoms with Crippen molar-refractivity contribution in [1.29, 1.82) is 0 Å². The Kier molecular flexibility index (Phi) is 4.60. The highest BCUT2D eigenvalue weighted by atomic mass is 16.5. The molecule has 0 aliphatic carbocycles. The lowest BCUT2D eigenvalue weighted by Gasteiger charge is -2.16. The largest absolute Gasteiger partial charge is 0.494 e. The molecule has 2 aromatic rings. The van der Waals surface area contributed by atoms with Gasteiger partial charge in [-0.1, -0.05) is 24.2 Å². The summed E-state index contributed by atoms with van der Waals surface area (Å²) in [5.41, 5.74) is 1.09. The third-order valence-electron chi connectivity index (χ3n) is 3.88. The minimum absolute atomic E-state index is 0.00383. The average Bonchev–Trinajstić information content (AvgIpc) is 3.13. The molecule has 0 saturated carbocycles. The normalized spacial score (nSPS) is 17.7. The van der Waals surface area contributed by atoms with Crippen LogP contribution in [0, 0.1) is 6.92 Å². The van der Waals surface area contributed by atoms with E-state index in [-0.39, 0.29) is 11.8 Å². The first-order valence-corrected chi connectivity index (χ1v) is 7.95. The Bertz CT molecular complexity index is 666. The van der Waals surface area contributed by atoms with Crippen molar-refractivity contribution in [2.75, 3.05) is 13.2 Å². The number of hydrogen-bond donors (Lipinski definition) is 0. The molecule has 23 heavy (non-hydrogen) atoms. The highest BCUT2D eigenvalue weighted by molar-refractivity contribution is 5.79. The summed E-state index contributed by atoms with van der Waals surface area (Å²) in [5, 5.41) is 3.80. The Morgan fingerprint density at radius 1 is 1.35 bits per heavy atom. The van der Waals surface area contributed by atoms with Crippen LogP contribution < -0.4 is 4.74 Å². The van der Waals surface area contributed by atoms with Gasteiger partial charge < -0.3 is 14.2 Å². The molecule has 1 fully saturated rings. The van der Waals surface area contributed by atoms with Crippen molar-refractivity contribution < 1.29 is 14.1 Å². The third-order valence-corrected chi connectivity index (χ3v) is 3.88. The topological polar surface area (TPSA) is 68.5 Å². The summed E-state index contributed by atoms with van der Waals surface area (Å²) in [6.45, 7) is 5.79. The van der Waals surface area contributed by atoms with E-state index in [1.54, 1.807) is 6.92 Å². The Morgan fingerprint density at radius 2 is 2.13 bits per heavy atom. The molecule has 1 aliphatic rings. The van der Waals surface area contributed by atoms with E-state index >= 15 is 0 Å². The first-order valence-electron chi connectivity index (χ1n) is 7.95. The zero-order valence-corrected chi connectivity index (χ0v) is 13.5. The monoisotopic (exact) mass is 315 g/mol. The minimum Gasteiger partial charge on any atom is -0.494 e. The van der Waals surface area contributed by atoms with Crippen LogP contribution in [0.25, 0.3) is 0 Å². The third kappa shape index (κ3) is 3.70. The molecule has 6 heteroatoms. The molecule has 0 bridgehead atoms. The van der Waals surface area contributed by atoms with Gasteiger partial charge in [-0.3, -0.25) is 4.79 Å². The molecule has 0 N–H and O–H groups in total. The number of benzene rings is 1. The second-order valence-corrected chi connectivity index (χ2v) is 5.85. The Balaban J connectivity index is 1.60. The number of ether oxygens (including phenoxy) is 1. The van der Waals surface area contributed by atoms with Gasteiger partial charge in [0.15, 0.2) is 5.82 Å². The van der Waals surface area contributed by atoms with E-state index < -0.39 is 0 Å². The fraction of sp³-hybridized carbons (Fsp3) is 0.471. The molecule has 1 aliphatic heterocycles. The summed E-state index contributed by atoms with van der Waals surface area (Å²) in [4.78, 5) is 18.3. The van der Waals surface area contributed by atoms with Gasteiger partial charge in [0.05, 0.1) is 12.5 Å². The molecular formula is C17H21N3O3. The fourth-order valence-corrected chi connectivity index (χ4v) is 2.70. The molecule has 1 saturated heterocycles. The van der Waals surface area contributed by atoms with Crippen LogP contribution in [0.2, 0.25) is 0 Å². The van der Waals surface area contributed by atoms with Crippen molar-refractivity contribution in [1.82, 2.24) is 15.0 Å². The molecule has 1 atom stereocenters. The van der Waals surface area contributed by atoms with E-state index in [0.717, 1.165) is 24.3 Å². The second kappa shape index (κ2) is 6.81. The summed E-state index contributed by atoms with van der Waals surface area (Å²) in [7, 11) is 0. The van der Waals surface area contributed by atoms with E-state index in [9.17, 15) is 4.79 Å². The van der Waals surface area contributed by atoms with Crippen molar-refractivity contribution >= 4 is 5.91 Å². The summed E-state index contributed by atoms with van der Waals surface area (Å²) in [6.07, 6.45) is 1.42. The average molecular weight is 315 g/mol. The molecule has 1 aromatic heterocycles. The van der Waals surface area contributed by atoms with Gasteiger partial charge in [0.2, 0.25) is 11.8 Å². The first-order chi connectivity index (χ1) is 11.2. The zero-order valence-electron chi connectivity index (χ0n) is 13.5. The highest BCUT2D eigenvalue weighted by Crippen LogP contribution is 2.28. The van der Waals surface area contributed by atoms with E-state index in [1.807, 2.05) is 29.2 Å². The van der Waals surface area contributed by atoms with Crippen LogP contribution >= 0.6 is 0 Å². The maximum absolute atomic E-state index is 12.2. The molecular weight excluding hydrogens is 294 g/mol. The van der Waals surface area contributed by atoms with Crippen LogP contribution in [0.4, 0.5) is 0 Å². The molecule has 1 unspecified atom stereocenters. The molecule has 1 amide bonds. The van der Waals surface area contributed by atoms with Crippen molar-refractivity contribution in [3.05, 3.63) is 41.5 Å². The van der Waals surface area contributed by atoms with Crippen molar-refractivity contribution in [3.63, 3.8) is 0 Å². The number of carbonyl (C=O) groups excluding carboxylic acids is 1. The number of hydrogen-bond acceptors (Lipinski definition) is 5. The fourth-order valence-electron chi connectivity index (χ4n) is 2.70. The molecule has 0 radical (unpaired) electrons. The number of carbonyl (C=O) groups is 1. The van der Waals surface area contributed by atoms with Gasteiger partial charge in [0, 0.05) is 19.5 Å². The van der Waals surface area contributed by atoms with Crippen LogP contribution in [0.15, 0.2) is 28.8 Å². The number of amides is 1. The van der Waals surface area contributed by atoms with Gasteiger partial charge >= 0.3 is 0 Å². The van der Waals surface area contributed by atoms with Crippen molar-refractivity contribution in [2.24, 2.45) is 0 Å². The number of aryl methyl sites for hydroxylation is 1. The van der Waals surface area contributed by atoms with Gasteiger partial charge in [-0.2, -0.15) is 4.98 Å². The molecule has 2 heterocycles. The van der Waals surface area contributed by atoms with Gasteiger partial charge in [-0.15, -0.1) is 0 Å². The maximum Gasteiger partial charge on any atom is 0.232 e. The number of nitrogens with zero attached hydrogens (tertiary/aromatic N) is 3. The molecule has 6 nitrogen and oxygen atoms in total. The number of aromatic nitrogens is 2. The molecule has 0 spiro atoms. The van der Waals surface area contributed by atoms with Gasteiger partial charge in [0.1, 0.15) is 5.75 Å². The Hall–Kier alpha value is -2.37. The summed E-state index contributed by atoms with van der Waals surface area (Å²) in [6, 6.07) is 7.90. The van der Waals surface area contributed by atoms with Gasteiger partial charge in [-0.05, 0) is 31.0 Å². The van der Waals surface area contributed by atoms with E-state index in [1.165, 1.54) is 0 Å². The van der Waals surface area contributed by atoms with Crippen molar-refractivity contribution in [3.8, 4) is 5.75 Å². The molecule has 3 rings (SSSR count). The number of likely N-dealkylation sites (tertiary alicyclic amines) is 1. The van der Waals surface area contributed by atoms with E-state index in [2.05, 4.69) is 17.1 Å². The Labute approximate surface area is 135 Å². The highest BCUT2D eigenvalue weighted by Gasteiger charge is 2.33. The lowest BCUT2D eigenvalue weighted by Crippen LogP contribution is -2.24. The summed E-state index contributed by atoms with van der Waals surface area (Å²) < 4.78 is 10.8. The SMILES string of the molecule is CCCOc1ccc(CN2CC(c3nc(C)no3)CC2=O)cc1. The zero-order chi connectivity index (χ0) is 16.2. The minimum atomic E-state index is -0.00383. The van der Waals surface area contributed by atoms with Crippen LogP contribution in [-0.2, 0) is 11.3 Å². The van der Waals surface area contributed by atoms with Crippen LogP contribution in [0.1, 0.15) is 43.0 Å². The lowest BCUT2D eigenvalue weighted by atomic mass is 10.1. The van der Waals surface area contributed by atoms with Crippen LogP contribution in [0.3, 0.4) is 0 Å². The van der Waals surface area contributed by atoms with E-state index in [0.29, 0.717) is 31.2 Å². The predicted octanol–water partition coefficient (Wildman–Crippen LogP) is 2.68. The van der Waals surface area contributed by atoms with E-state index in [4.69, 9.17) is 9.26 Å². The summed E-state index contributed by atoms with van der Waals surface area (Å²) >= 11 is 0. The second-order valence-electron chi connectivity index (χ2n) is 5.85. The van der Waals surface area contributed by atoms with Crippen LogP contribution in [0.5, 0.6) is 5.75 Å². The van der Waals surface area contributed by atoms with Gasteiger partial charge in [0.25, 0.3) is 0 Å². The standard InChI is InChI=1S/C17H21N3O3/c1-3-8-22-15-6-4-13(5-7-15)10-20-11-14(9-16(20)21)17-18-12(2)19-23-17/h4-7,14H,3,8-11H2,1-2H3. The Morgan fingerprint density at radius 3 is 2.78 bits per heavy atom. The van der Waals surface area contributed by atoms with Crippen LogP contribution in [-0.4, -0.2) is 34.1 Å². The lowest BCUT2D eigenvalue weighted by molar-refractivity contribution is -0.128. The number of rotatable bonds is 6. The van der Waals surface area contributed by atoms with Crippen molar-refractivity contribution in [2.45, 2.75) is 39.2 Å².